The Hall–Kier alpha value is -3.33. The minimum absolute atomic E-state index is 0.345. The van der Waals surface area contributed by atoms with Crippen LogP contribution in [-0.2, 0) is 4.79 Å². The zero-order chi connectivity index (χ0) is 24.1. The van der Waals surface area contributed by atoms with Gasteiger partial charge in [0.1, 0.15) is 22.2 Å². The predicted molar refractivity (Wildman–Crippen MR) is 134 cm³/mol. The van der Waals surface area contributed by atoms with Crippen LogP contribution in [0, 0.1) is 13.8 Å². The van der Waals surface area contributed by atoms with Crippen molar-refractivity contribution in [3.8, 4) is 5.75 Å². The van der Waals surface area contributed by atoms with Crippen LogP contribution in [0.5, 0.6) is 5.75 Å². The van der Waals surface area contributed by atoms with Crippen molar-refractivity contribution in [2.45, 2.75) is 59.3 Å². The standard InChI is InChI=1S/C25H29N5O3S/c1-4-8-18(31)9-6-5-7-13-26-23-24-29-28-17(3)30(24)21-11-10-19(15-20(21)27-23)33-25(32)22-16(2)12-14-34-22/h10-12,14-15H,4-9,13H2,1-3H3,(H,26,27). The molecule has 9 heteroatoms. The molecule has 178 valence electrons. The molecule has 0 amide bonds. The molecule has 4 aromatic rings. The first kappa shape index (κ1) is 23.8. The average molecular weight is 480 g/mol. The number of aryl methyl sites for hydroxylation is 2. The Morgan fingerprint density at radius 2 is 1.94 bits per heavy atom. The zero-order valence-electron chi connectivity index (χ0n) is 19.8. The summed E-state index contributed by atoms with van der Waals surface area (Å²) in [6.07, 6.45) is 5.05. The highest BCUT2D eigenvalue weighted by molar-refractivity contribution is 7.12. The van der Waals surface area contributed by atoms with E-state index >= 15 is 0 Å². The number of aromatic nitrogens is 4. The van der Waals surface area contributed by atoms with Gasteiger partial charge in [0, 0.05) is 25.5 Å². The van der Waals surface area contributed by atoms with Crippen molar-refractivity contribution in [1.82, 2.24) is 19.6 Å². The van der Waals surface area contributed by atoms with Gasteiger partial charge in [-0.2, -0.15) is 0 Å². The monoisotopic (exact) mass is 479 g/mol. The summed E-state index contributed by atoms with van der Waals surface area (Å²) in [5.74, 6) is 1.79. The molecule has 0 fully saturated rings. The van der Waals surface area contributed by atoms with Crippen LogP contribution < -0.4 is 10.1 Å². The maximum atomic E-state index is 12.5. The summed E-state index contributed by atoms with van der Waals surface area (Å²) in [4.78, 5) is 29.6. The molecule has 1 N–H and O–H groups in total. The largest absolute Gasteiger partial charge is 0.422 e. The molecule has 3 heterocycles. The van der Waals surface area contributed by atoms with Gasteiger partial charge in [-0.05, 0) is 62.3 Å². The van der Waals surface area contributed by atoms with Crippen LogP contribution in [0.3, 0.4) is 0 Å². The highest BCUT2D eigenvalue weighted by atomic mass is 32.1. The summed E-state index contributed by atoms with van der Waals surface area (Å²) in [6, 6.07) is 7.29. The molecular formula is C25H29N5O3S. The number of hydrogen-bond donors (Lipinski definition) is 1. The molecule has 3 aromatic heterocycles. The minimum Gasteiger partial charge on any atom is -0.422 e. The number of fused-ring (bicyclic) bond motifs is 3. The molecular weight excluding hydrogens is 450 g/mol. The third kappa shape index (κ3) is 5.25. The van der Waals surface area contributed by atoms with Gasteiger partial charge in [0.15, 0.2) is 5.82 Å². The van der Waals surface area contributed by atoms with Crippen LogP contribution in [0.25, 0.3) is 16.7 Å². The number of benzene rings is 1. The highest BCUT2D eigenvalue weighted by Gasteiger charge is 2.16. The number of esters is 1. The second-order valence-electron chi connectivity index (χ2n) is 8.37. The lowest BCUT2D eigenvalue weighted by Crippen LogP contribution is -2.09. The lowest BCUT2D eigenvalue weighted by Gasteiger charge is -2.11. The third-order valence-corrected chi connectivity index (χ3v) is 6.66. The third-order valence-electron chi connectivity index (χ3n) is 5.67. The molecule has 0 unspecified atom stereocenters. The smallest absolute Gasteiger partial charge is 0.353 e. The normalized spacial score (nSPS) is 11.3. The molecule has 0 aliphatic heterocycles. The van der Waals surface area contributed by atoms with Gasteiger partial charge in [-0.15, -0.1) is 21.5 Å². The summed E-state index contributed by atoms with van der Waals surface area (Å²) in [5, 5.41) is 13.8. The van der Waals surface area contributed by atoms with E-state index in [1.165, 1.54) is 11.3 Å². The van der Waals surface area contributed by atoms with Crippen LogP contribution in [0.2, 0.25) is 0 Å². The molecule has 8 nitrogen and oxygen atoms in total. The van der Waals surface area contributed by atoms with Crippen molar-refractivity contribution in [3.05, 3.63) is 45.9 Å². The molecule has 0 spiro atoms. The summed E-state index contributed by atoms with van der Waals surface area (Å²) < 4.78 is 7.56. The maximum absolute atomic E-state index is 12.5. The fraction of sp³-hybridized carbons (Fsp3) is 0.400. The molecule has 0 saturated heterocycles. The van der Waals surface area contributed by atoms with Gasteiger partial charge >= 0.3 is 5.97 Å². The van der Waals surface area contributed by atoms with E-state index in [9.17, 15) is 9.59 Å². The van der Waals surface area contributed by atoms with Crippen LogP contribution in [0.4, 0.5) is 5.82 Å². The van der Waals surface area contributed by atoms with Crippen molar-refractivity contribution in [2.75, 3.05) is 11.9 Å². The SMILES string of the molecule is CCCC(=O)CCCCCNc1nc2cc(OC(=O)c3sccc3C)ccc2n2c(C)nnc12. The number of nitrogens with one attached hydrogen (secondary N) is 1. The van der Waals surface area contributed by atoms with E-state index in [0.717, 1.165) is 42.6 Å². The average Bonchev–Trinajstić information content (AvgIpc) is 3.42. The molecule has 0 radical (unpaired) electrons. The van der Waals surface area contributed by atoms with E-state index in [4.69, 9.17) is 9.72 Å². The minimum atomic E-state index is -0.371. The van der Waals surface area contributed by atoms with Gasteiger partial charge < -0.3 is 10.1 Å². The van der Waals surface area contributed by atoms with E-state index in [1.807, 2.05) is 42.7 Å². The Bertz CT molecular complexity index is 1330. The summed E-state index contributed by atoms with van der Waals surface area (Å²) in [5.41, 5.74) is 3.07. The zero-order valence-corrected chi connectivity index (χ0v) is 20.6. The Kier molecular flexibility index (Phi) is 7.52. The fourth-order valence-corrected chi connectivity index (χ4v) is 4.71. The summed E-state index contributed by atoms with van der Waals surface area (Å²) in [6.45, 7) is 6.53. The number of anilines is 1. The molecule has 0 aliphatic rings. The predicted octanol–water partition coefficient (Wildman–Crippen LogP) is 5.52. The second kappa shape index (κ2) is 10.7. The fourth-order valence-electron chi connectivity index (χ4n) is 3.91. The first-order valence-electron chi connectivity index (χ1n) is 11.6. The van der Waals surface area contributed by atoms with Gasteiger partial charge in [0.2, 0.25) is 5.65 Å². The number of unbranched alkanes of at least 4 members (excludes halogenated alkanes) is 2. The number of ether oxygens (including phenoxy) is 1. The Morgan fingerprint density at radius 1 is 1.09 bits per heavy atom. The molecule has 4 rings (SSSR count). The summed E-state index contributed by atoms with van der Waals surface area (Å²) >= 11 is 1.37. The van der Waals surface area contributed by atoms with Crippen molar-refractivity contribution in [1.29, 1.82) is 0 Å². The van der Waals surface area contributed by atoms with Crippen LogP contribution in [-0.4, -0.2) is 37.9 Å². The first-order valence-corrected chi connectivity index (χ1v) is 12.5. The van der Waals surface area contributed by atoms with Crippen molar-refractivity contribution in [2.24, 2.45) is 0 Å². The van der Waals surface area contributed by atoms with Crippen molar-refractivity contribution >= 4 is 45.6 Å². The molecule has 34 heavy (non-hydrogen) atoms. The second-order valence-corrected chi connectivity index (χ2v) is 9.28. The Morgan fingerprint density at radius 3 is 2.71 bits per heavy atom. The van der Waals surface area contributed by atoms with E-state index in [1.54, 1.807) is 12.1 Å². The van der Waals surface area contributed by atoms with Gasteiger partial charge in [-0.3, -0.25) is 9.20 Å². The quantitative estimate of drug-likeness (QED) is 0.172. The lowest BCUT2D eigenvalue weighted by atomic mass is 10.1. The van der Waals surface area contributed by atoms with Gasteiger partial charge in [-0.1, -0.05) is 13.3 Å². The van der Waals surface area contributed by atoms with Crippen molar-refractivity contribution in [3.63, 3.8) is 0 Å². The van der Waals surface area contributed by atoms with E-state index in [-0.39, 0.29) is 5.97 Å². The Labute approximate surface area is 202 Å². The number of rotatable bonds is 11. The van der Waals surface area contributed by atoms with Gasteiger partial charge in [-0.25, -0.2) is 9.78 Å². The molecule has 1 aromatic carbocycles. The van der Waals surface area contributed by atoms with E-state index in [0.29, 0.717) is 52.8 Å². The number of carbonyl (C=O) groups excluding carboxylic acids is 2. The topological polar surface area (TPSA) is 98.5 Å². The van der Waals surface area contributed by atoms with Crippen LogP contribution in [0.1, 0.15) is 66.5 Å². The Balaban J connectivity index is 1.49. The number of hydrogen-bond acceptors (Lipinski definition) is 8. The molecule has 0 aliphatic carbocycles. The van der Waals surface area contributed by atoms with E-state index < -0.39 is 0 Å². The lowest BCUT2D eigenvalue weighted by molar-refractivity contribution is -0.119. The number of thiophene rings is 1. The highest BCUT2D eigenvalue weighted by Crippen LogP contribution is 2.26. The number of Topliss-reactive ketones (excluding diaryl/α,β-unsaturated/α-hetero) is 1. The van der Waals surface area contributed by atoms with E-state index in [2.05, 4.69) is 15.5 Å². The summed E-state index contributed by atoms with van der Waals surface area (Å²) in [7, 11) is 0. The van der Waals surface area contributed by atoms with Crippen LogP contribution >= 0.6 is 11.3 Å². The maximum Gasteiger partial charge on any atom is 0.353 e. The first-order chi connectivity index (χ1) is 16.5. The number of ketones is 1. The molecule has 0 bridgehead atoms. The number of nitrogens with zero attached hydrogens (tertiary/aromatic N) is 4. The number of carbonyl (C=O) groups is 2. The van der Waals surface area contributed by atoms with Gasteiger partial charge in [0.05, 0.1) is 11.0 Å². The van der Waals surface area contributed by atoms with Crippen LogP contribution in [0.15, 0.2) is 29.6 Å². The van der Waals surface area contributed by atoms with Gasteiger partial charge in [0.25, 0.3) is 0 Å². The molecule has 0 saturated carbocycles. The molecule has 0 atom stereocenters. The van der Waals surface area contributed by atoms with Crippen molar-refractivity contribution < 1.29 is 14.3 Å².